The first-order valence-electron chi connectivity index (χ1n) is 8.03. The summed E-state index contributed by atoms with van der Waals surface area (Å²) >= 11 is 0. The molecule has 0 atom stereocenters. The molecule has 3 rings (SSSR count). The zero-order valence-corrected chi connectivity index (χ0v) is 13.3. The zero-order chi connectivity index (χ0) is 16.2. The summed E-state index contributed by atoms with van der Waals surface area (Å²) in [4.78, 5) is 24.6. The van der Waals surface area contributed by atoms with Crippen LogP contribution in [-0.2, 0) is 6.42 Å². The maximum atomic E-state index is 12.4. The zero-order valence-electron chi connectivity index (χ0n) is 13.3. The number of carbonyl (C=O) groups is 2. The van der Waals surface area contributed by atoms with Crippen molar-refractivity contribution in [2.24, 2.45) is 0 Å². The minimum atomic E-state index is 0.0142. The Kier molecular flexibility index (Phi) is 4.56. The first-order valence-corrected chi connectivity index (χ1v) is 8.03. The second-order valence-corrected chi connectivity index (χ2v) is 5.94. The van der Waals surface area contributed by atoms with Crippen LogP contribution >= 0.6 is 0 Å². The summed E-state index contributed by atoms with van der Waals surface area (Å²) in [6.45, 7) is 2.66. The van der Waals surface area contributed by atoms with Crippen molar-refractivity contribution in [2.75, 3.05) is 6.61 Å². The van der Waals surface area contributed by atoms with E-state index >= 15 is 0 Å². The van der Waals surface area contributed by atoms with E-state index in [2.05, 4.69) is 0 Å². The Morgan fingerprint density at radius 3 is 2.65 bits per heavy atom. The summed E-state index contributed by atoms with van der Waals surface area (Å²) in [7, 11) is 0. The third kappa shape index (κ3) is 3.50. The lowest BCUT2D eigenvalue weighted by atomic mass is 9.97. The van der Waals surface area contributed by atoms with Crippen LogP contribution in [0.1, 0.15) is 51.1 Å². The fraction of sp³-hybridized carbons (Fsp3) is 0.300. The molecule has 0 saturated heterocycles. The van der Waals surface area contributed by atoms with Crippen LogP contribution in [0, 0.1) is 6.92 Å². The van der Waals surface area contributed by atoms with E-state index in [0.717, 1.165) is 36.3 Å². The quantitative estimate of drug-likeness (QED) is 0.779. The van der Waals surface area contributed by atoms with Crippen molar-refractivity contribution < 1.29 is 14.3 Å². The molecule has 1 heterocycles. The van der Waals surface area contributed by atoms with Crippen LogP contribution in [0.4, 0.5) is 0 Å². The fourth-order valence-corrected chi connectivity index (χ4v) is 2.93. The number of hydrogen-bond donors (Lipinski definition) is 0. The van der Waals surface area contributed by atoms with Crippen LogP contribution in [0.15, 0.2) is 42.5 Å². The predicted octanol–water partition coefficient (Wildman–Crippen LogP) is 4.17. The first-order chi connectivity index (χ1) is 11.1. The molecule has 0 saturated carbocycles. The Labute approximate surface area is 136 Å². The molecule has 0 aliphatic carbocycles. The van der Waals surface area contributed by atoms with Crippen LogP contribution in [0.5, 0.6) is 5.75 Å². The Morgan fingerprint density at radius 2 is 1.83 bits per heavy atom. The highest BCUT2D eigenvalue weighted by atomic mass is 16.5. The van der Waals surface area contributed by atoms with E-state index in [0.29, 0.717) is 11.1 Å². The number of fused-ring (bicyclic) bond motifs is 1. The molecule has 23 heavy (non-hydrogen) atoms. The number of hydrogen-bond acceptors (Lipinski definition) is 3. The summed E-state index contributed by atoms with van der Waals surface area (Å²) in [5.41, 5.74) is 3.43. The number of rotatable bonds is 5. The third-order valence-electron chi connectivity index (χ3n) is 4.26. The van der Waals surface area contributed by atoms with Crippen molar-refractivity contribution in [1.82, 2.24) is 0 Å². The van der Waals surface area contributed by atoms with E-state index in [-0.39, 0.29) is 24.4 Å². The molecule has 0 N–H and O–H groups in total. The number of carbonyl (C=O) groups excluding carboxylic acids is 2. The van der Waals surface area contributed by atoms with E-state index in [1.165, 1.54) is 0 Å². The summed E-state index contributed by atoms with van der Waals surface area (Å²) in [6, 6.07) is 13.1. The number of benzene rings is 2. The topological polar surface area (TPSA) is 43.4 Å². The molecule has 0 fully saturated rings. The average Bonchev–Trinajstić information content (AvgIpc) is 2.59. The van der Waals surface area contributed by atoms with Gasteiger partial charge >= 0.3 is 0 Å². The molecule has 1 aliphatic heterocycles. The van der Waals surface area contributed by atoms with Gasteiger partial charge in [-0.15, -0.1) is 0 Å². The smallest absolute Gasteiger partial charge is 0.163 e. The van der Waals surface area contributed by atoms with Gasteiger partial charge in [0.1, 0.15) is 5.75 Å². The van der Waals surface area contributed by atoms with E-state index in [9.17, 15) is 9.59 Å². The van der Waals surface area contributed by atoms with Crippen molar-refractivity contribution in [3.05, 3.63) is 64.7 Å². The fourth-order valence-electron chi connectivity index (χ4n) is 2.93. The first kappa shape index (κ1) is 15.5. The van der Waals surface area contributed by atoms with Crippen LogP contribution in [0.25, 0.3) is 0 Å². The minimum absolute atomic E-state index is 0.0142. The summed E-state index contributed by atoms with van der Waals surface area (Å²) in [5, 5.41) is 0. The molecular weight excluding hydrogens is 288 g/mol. The van der Waals surface area contributed by atoms with Crippen LogP contribution < -0.4 is 4.74 Å². The average molecular weight is 308 g/mol. The molecule has 0 spiro atoms. The highest BCUT2D eigenvalue weighted by Crippen LogP contribution is 2.26. The molecule has 0 aromatic heterocycles. The van der Waals surface area contributed by atoms with Crippen molar-refractivity contribution in [1.29, 1.82) is 0 Å². The second-order valence-electron chi connectivity index (χ2n) is 5.94. The lowest BCUT2D eigenvalue weighted by Gasteiger charge is -2.17. The predicted molar refractivity (Wildman–Crippen MR) is 89.3 cm³/mol. The SMILES string of the molecule is Cc1ccccc1C(=O)CCC(=O)c1ccc2c(c1)CCCO2. The molecule has 2 aromatic rings. The molecule has 0 bridgehead atoms. The van der Waals surface area contributed by atoms with Crippen LogP contribution in [-0.4, -0.2) is 18.2 Å². The van der Waals surface area contributed by atoms with Gasteiger partial charge in [-0.25, -0.2) is 0 Å². The number of aryl methyl sites for hydroxylation is 2. The van der Waals surface area contributed by atoms with Gasteiger partial charge < -0.3 is 4.74 Å². The van der Waals surface area contributed by atoms with Crippen molar-refractivity contribution in [3.63, 3.8) is 0 Å². The summed E-state index contributed by atoms with van der Waals surface area (Å²) in [6.07, 6.45) is 2.42. The van der Waals surface area contributed by atoms with Crippen LogP contribution in [0.3, 0.4) is 0 Å². The molecule has 3 nitrogen and oxygen atoms in total. The minimum Gasteiger partial charge on any atom is -0.493 e. The number of ether oxygens (including phenoxy) is 1. The monoisotopic (exact) mass is 308 g/mol. The molecule has 118 valence electrons. The summed E-state index contributed by atoms with van der Waals surface area (Å²) in [5.74, 6) is 0.918. The Bertz CT molecular complexity index is 746. The van der Waals surface area contributed by atoms with E-state index < -0.39 is 0 Å². The standard InChI is InChI=1S/C20H20O3/c1-14-5-2-3-7-17(14)19(22)10-9-18(21)15-8-11-20-16(13-15)6-4-12-23-20/h2-3,5,7-8,11,13H,4,6,9-10,12H2,1H3. The van der Waals surface area contributed by atoms with Gasteiger partial charge in [0.25, 0.3) is 0 Å². The normalized spacial score (nSPS) is 13.1. The molecule has 2 aromatic carbocycles. The summed E-state index contributed by atoms with van der Waals surface area (Å²) < 4.78 is 5.56. The highest BCUT2D eigenvalue weighted by Gasteiger charge is 2.16. The molecule has 0 amide bonds. The molecule has 0 radical (unpaired) electrons. The molecule has 1 aliphatic rings. The van der Waals surface area contributed by atoms with Crippen LogP contribution in [0.2, 0.25) is 0 Å². The number of Topliss-reactive ketones (excluding diaryl/α,β-unsaturated/α-hetero) is 2. The largest absolute Gasteiger partial charge is 0.493 e. The van der Waals surface area contributed by atoms with Crippen molar-refractivity contribution in [3.8, 4) is 5.75 Å². The van der Waals surface area contributed by atoms with Gasteiger partial charge in [0.15, 0.2) is 11.6 Å². The molecule has 3 heteroatoms. The maximum absolute atomic E-state index is 12.4. The second kappa shape index (κ2) is 6.78. The van der Waals surface area contributed by atoms with Crippen molar-refractivity contribution >= 4 is 11.6 Å². The van der Waals surface area contributed by atoms with Gasteiger partial charge in [0.2, 0.25) is 0 Å². The lowest BCUT2D eigenvalue weighted by molar-refractivity contribution is 0.0917. The van der Waals surface area contributed by atoms with Gasteiger partial charge in [0.05, 0.1) is 6.61 Å². The van der Waals surface area contributed by atoms with Gasteiger partial charge in [-0.1, -0.05) is 24.3 Å². The molecule has 0 unspecified atom stereocenters. The lowest BCUT2D eigenvalue weighted by Crippen LogP contribution is -2.10. The maximum Gasteiger partial charge on any atom is 0.163 e. The van der Waals surface area contributed by atoms with Gasteiger partial charge in [-0.2, -0.15) is 0 Å². The number of ketones is 2. The Balaban J connectivity index is 1.66. The van der Waals surface area contributed by atoms with Gasteiger partial charge in [0, 0.05) is 24.0 Å². The Morgan fingerprint density at radius 1 is 1.04 bits per heavy atom. The van der Waals surface area contributed by atoms with Gasteiger partial charge in [-0.3, -0.25) is 9.59 Å². The van der Waals surface area contributed by atoms with E-state index in [1.54, 1.807) is 6.07 Å². The molecular formula is C20H20O3. The Hall–Kier alpha value is -2.42. The van der Waals surface area contributed by atoms with Crippen molar-refractivity contribution in [2.45, 2.75) is 32.6 Å². The van der Waals surface area contributed by atoms with E-state index in [1.807, 2.05) is 43.3 Å². The third-order valence-corrected chi connectivity index (χ3v) is 4.26. The van der Waals surface area contributed by atoms with Gasteiger partial charge in [-0.05, 0) is 49.1 Å². The van der Waals surface area contributed by atoms with E-state index in [4.69, 9.17) is 4.74 Å². The highest BCUT2D eigenvalue weighted by molar-refractivity contribution is 6.02.